The Kier molecular flexibility index (Phi) is 3.95. The standard InChI is InChI=1S/C10H15NO4S2/c1-16(12,13)9-5-3-4-8(6-7-11)10(9)17(2,14)15/h3-5H,6-7,11H2,1-2H3. The van der Waals surface area contributed by atoms with Gasteiger partial charge in [-0.05, 0) is 24.6 Å². The van der Waals surface area contributed by atoms with Crippen LogP contribution in [0.15, 0.2) is 28.0 Å². The summed E-state index contributed by atoms with van der Waals surface area (Å²) in [4.78, 5) is -0.293. The molecule has 0 aliphatic carbocycles. The van der Waals surface area contributed by atoms with Crippen molar-refractivity contribution in [1.29, 1.82) is 0 Å². The lowest BCUT2D eigenvalue weighted by molar-refractivity contribution is 0.587. The van der Waals surface area contributed by atoms with E-state index in [4.69, 9.17) is 5.73 Å². The minimum atomic E-state index is -3.60. The van der Waals surface area contributed by atoms with Crippen molar-refractivity contribution in [2.24, 2.45) is 5.73 Å². The summed E-state index contributed by atoms with van der Waals surface area (Å²) in [5.74, 6) is 0. The summed E-state index contributed by atoms with van der Waals surface area (Å²) in [6, 6.07) is 4.40. The Morgan fingerprint density at radius 1 is 1.06 bits per heavy atom. The van der Waals surface area contributed by atoms with Crippen LogP contribution in [0.5, 0.6) is 0 Å². The minimum absolute atomic E-state index is 0.132. The van der Waals surface area contributed by atoms with Gasteiger partial charge < -0.3 is 5.73 Å². The quantitative estimate of drug-likeness (QED) is 0.835. The highest BCUT2D eigenvalue weighted by Crippen LogP contribution is 2.25. The highest BCUT2D eigenvalue weighted by molar-refractivity contribution is 7.93. The van der Waals surface area contributed by atoms with Gasteiger partial charge in [-0.3, -0.25) is 0 Å². The second-order valence-electron chi connectivity index (χ2n) is 3.83. The molecule has 0 aliphatic rings. The number of rotatable bonds is 4. The summed E-state index contributed by atoms with van der Waals surface area (Å²) in [5, 5.41) is 0. The average Bonchev–Trinajstić information content (AvgIpc) is 2.14. The summed E-state index contributed by atoms with van der Waals surface area (Å²) in [7, 11) is -7.18. The van der Waals surface area contributed by atoms with Crippen molar-refractivity contribution in [3.8, 4) is 0 Å². The number of nitrogens with two attached hydrogens (primary N) is 1. The number of sulfone groups is 2. The molecule has 0 aliphatic heterocycles. The van der Waals surface area contributed by atoms with Crippen LogP contribution in [0.25, 0.3) is 0 Å². The Morgan fingerprint density at radius 2 is 1.65 bits per heavy atom. The summed E-state index contributed by atoms with van der Waals surface area (Å²) in [6.45, 7) is 0.260. The highest BCUT2D eigenvalue weighted by atomic mass is 32.2. The van der Waals surface area contributed by atoms with Gasteiger partial charge >= 0.3 is 0 Å². The fourth-order valence-corrected chi connectivity index (χ4v) is 4.41. The third-order valence-electron chi connectivity index (χ3n) is 2.24. The molecule has 2 N–H and O–H groups in total. The van der Waals surface area contributed by atoms with Gasteiger partial charge in [0.15, 0.2) is 19.7 Å². The van der Waals surface area contributed by atoms with Gasteiger partial charge in [-0.2, -0.15) is 0 Å². The zero-order chi connectivity index (χ0) is 13.3. The van der Waals surface area contributed by atoms with E-state index in [0.717, 1.165) is 12.5 Å². The molecular weight excluding hydrogens is 262 g/mol. The maximum absolute atomic E-state index is 11.7. The van der Waals surface area contributed by atoms with Crippen molar-refractivity contribution < 1.29 is 16.8 Å². The molecule has 0 radical (unpaired) electrons. The van der Waals surface area contributed by atoms with E-state index in [9.17, 15) is 16.8 Å². The van der Waals surface area contributed by atoms with Crippen molar-refractivity contribution >= 4 is 19.7 Å². The van der Waals surface area contributed by atoms with E-state index in [2.05, 4.69) is 0 Å². The molecule has 5 nitrogen and oxygen atoms in total. The smallest absolute Gasteiger partial charge is 0.177 e. The molecule has 0 saturated carbocycles. The Morgan fingerprint density at radius 3 is 2.06 bits per heavy atom. The first-order valence-electron chi connectivity index (χ1n) is 4.90. The Hall–Kier alpha value is -0.920. The third kappa shape index (κ3) is 3.27. The van der Waals surface area contributed by atoms with Crippen LogP contribution in [-0.4, -0.2) is 35.9 Å². The molecule has 0 amide bonds. The van der Waals surface area contributed by atoms with Crippen LogP contribution in [0.4, 0.5) is 0 Å². The molecule has 0 spiro atoms. The van der Waals surface area contributed by atoms with Crippen LogP contribution in [0.1, 0.15) is 5.56 Å². The molecule has 0 aromatic heterocycles. The molecule has 0 bridgehead atoms. The van der Waals surface area contributed by atoms with Gasteiger partial charge in [-0.25, -0.2) is 16.8 Å². The summed E-state index contributed by atoms with van der Waals surface area (Å²) in [5.41, 5.74) is 5.83. The Balaban J connectivity index is 3.70. The lowest BCUT2D eigenvalue weighted by Gasteiger charge is -2.11. The van der Waals surface area contributed by atoms with Crippen molar-refractivity contribution in [2.75, 3.05) is 19.1 Å². The van der Waals surface area contributed by atoms with Gasteiger partial charge in [-0.15, -0.1) is 0 Å². The molecule has 0 saturated heterocycles. The predicted molar refractivity (Wildman–Crippen MR) is 65.4 cm³/mol. The monoisotopic (exact) mass is 277 g/mol. The molecule has 0 fully saturated rings. The Bertz CT molecular complexity index is 618. The fraction of sp³-hybridized carbons (Fsp3) is 0.400. The molecule has 0 heterocycles. The number of hydrogen-bond donors (Lipinski definition) is 1. The maximum Gasteiger partial charge on any atom is 0.177 e. The topological polar surface area (TPSA) is 94.3 Å². The van der Waals surface area contributed by atoms with Crippen LogP contribution >= 0.6 is 0 Å². The minimum Gasteiger partial charge on any atom is -0.330 e. The molecule has 1 rings (SSSR count). The van der Waals surface area contributed by atoms with Crippen LogP contribution in [0.2, 0.25) is 0 Å². The average molecular weight is 277 g/mol. The predicted octanol–water partition coefficient (Wildman–Crippen LogP) is -0.00520. The van der Waals surface area contributed by atoms with Crippen molar-refractivity contribution in [1.82, 2.24) is 0 Å². The highest BCUT2D eigenvalue weighted by Gasteiger charge is 2.23. The summed E-state index contributed by atoms with van der Waals surface area (Å²) >= 11 is 0. The van der Waals surface area contributed by atoms with Gasteiger partial charge in [0.2, 0.25) is 0 Å². The van der Waals surface area contributed by atoms with Crippen molar-refractivity contribution in [2.45, 2.75) is 16.2 Å². The Labute approximate surface area is 101 Å². The molecular formula is C10H15NO4S2. The number of hydrogen-bond acceptors (Lipinski definition) is 5. The first-order chi connectivity index (χ1) is 7.68. The largest absolute Gasteiger partial charge is 0.330 e. The zero-order valence-corrected chi connectivity index (χ0v) is 11.3. The number of benzene rings is 1. The van der Waals surface area contributed by atoms with Crippen LogP contribution in [0.3, 0.4) is 0 Å². The van der Waals surface area contributed by atoms with E-state index in [1.54, 1.807) is 6.07 Å². The summed E-state index contributed by atoms with van der Waals surface area (Å²) in [6.07, 6.45) is 2.31. The fourth-order valence-electron chi connectivity index (χ4n) is 1.63. The van der Waals surface area contributed by atoms with Gasteiger partial charge in [-0.1, -0.05) is 12.1 Å². The zero-order valence-electron chi connectivity index (χ0n) is 9.67. The molecule has 1 aromatic carbocycles. The van der Waals surface area contributed by atoms with Crippen molar-refractivity contribution in [3.05, 3.63) is 23.8 Å². The van der Waals surface area contributed by atoms with Gasteiger partial charge in [0.25, 0.3) is 0 Å². The first-order valence-corrected chi connectivity index (χ1v) is 8.68. The normalized spacial score (nSPS) is 12.6. The SMILES string of the molecule is CS(=O)(=O)c1cccc(CCN)c1S(C)(=O)=O. The van der Waals surface area contributed by atoms with E-state index < -0.39 is 19.7 Å². The molecule has 96 valence electrons. The molecule has 0 unspecified atom stereocenters. The summed E-state index contributed by atoms with van der Waals surface area (Å²) < 4.78 is 46.5. The van der Waals surface area contributed by atoms with Gasteiger partial charge in [0.1, 0.15) is 0 Å². The molecule has 0 atom stereocenters. The van der Waals surface area contributed by atoms with Gasteiger partial charge in [0, 0.05) is 12.5 Å². The maximum atomic E-state index is 11.7. The first kappa shape index (κ1) is 14.1. The van der Waals surface area contributed by atoms with Crippen LogP contribution < -0.4 is 5.73 Å². The lowest BCUT2D eigenvalue weighted by atomic mass is 10.1. The second-order valence-corrected chi connectivity index (χ2v) is 7.76. The van der Waals surface area contributed by atoms with E-state index in [1.807, 2.05) is 0 Å². The van der Waals surface area contributed by atoms with E-state index in [0.29, 0.717) is 12.0 Å². The molecule has 1 aromatic rings. The van der Waals surface area contributed by atoms with Crippen LogP contribution in [0, 0.1) is 0 Å². The third-order valence-corrected chi connectivity index (χ3v) is 4.74. The second kappa shape index (κ2) is 4.75. The van der Waals surface area contributed by atoms with E-state index in [1.165, 1.54) is 12.1 Å². The van der Waals surface area contributed by atoms with Crippen LogP contribution in [-0.2, 0) is 26.1 Å². The van der Waals surface area contributed by atoms with E-state index in [-0.39, 0.29) is 16.3 Å². The molecule has 17 heavy (non-hydrogen) atoms. The van der Waals surface area contributed by atoms with Crippen molar-refractivity contribution in [3.63, 3.8) is 0 Å². The van der Waals surface area contributed by atoms with Gasteiger partial charge in [0.05, 0.1) is 9.79 Å². The molecule has 7 heteroatoms. The van der Waals surface area contributed by atoms with E-state index >= 15 is 0 Å². The lowest BCUT2D eigenvalue weighted by Crippen LogP contribution is -2.13.